The number of aryl methyl sites for hydroxylation is 2. The van der Waals surface area contributed by atoms with Gasteiger partial charge in [-0.1, -0.05) is 34.1 Å². The maximum atomic E-state index is 13.4. The van der Waals surface area contributed by atoms with Gasteiger partial charge in [-0.25, -0.2) is 19.3 Å². The van der Waals surface area contributed by atoms with Gasteiger partial charge in [0.1, 0.15) is 31.1 Å². The quantitative estimate of drug-likeness (QED) is 0.409. The average Bonchev–Trinajstić information content (AvgIpc) is 2.92. The van der Waals surface area contributed by atoms with Crippen LogP contribution in [0.2, 0.25) is 0 Å². The molecule has 39 heavy (non-hydrogen) atoms. The Balaban J connectivity index is 0.000000242. The predicted octanol–water partition coefficient (Wildman–Crippen LogP) is 4.55. The minimum absolute atomic E-state index is 0.00199. The predicted molar refractivity (Wildman–Crippen MR) is 153 cm³/mol. The van der Waals surface area contributed by atoms with Crippen molar-refractivity contribution in [2.24, 2.45) is 0 Å². The van der Waals surface area contributed by atoms with Crippen LogP contribution < -0.4 is 21.2 Å². The highest BCUT2D eigenvalue weighted by Gasteiger charge is 2.32. The number of fused-ring (bicyclic) bond motifs is 1. The second kappa shape index (κ2) is 13.0. The van der Waals surface area contributed by atoms with Crippen LogP contribution >= 0.6 is 0 Å². The van der Waals surface area contributed by atoms with Crippen molar-refractivity contribution in [2.45, 2.75) is 84.6 Å². The fourth-order valence-corrected chi connectivity index (χ4v) is 4.94. The zero-order chi connectivity index (χ0) is 28.7. The van der Waals surface area contributed by atoms with E-state index >= 15 is 0 Å². The number of Topliss-reactive ketones (excluding diaryl/α,β-unsaturated/α-hetero) is 1. The number of H-pyrrole nitrogens is 1. The van der Waals surface area contributed by atoms with Crippen molar-refractivity contribution in [1.82, 2.24) is 19.9 Å². The number of hydrogen-bond donors (Lipinski definition) is 2. The monoisotopic (exact) mass is 533 g/mol. The normalized spacial score (nSPS) is 16.8. The number of carbonyl (C=O) groups excluding carboxylic acids is 1. The van der Waals surface area contributed by atoms with Crippen molar-refractivity contribution < 1.29 is 13.9 Å². The molecule has 0 saturated carbocycles. The first-order chi connectivity index (χ1) is 18.6. The summed E-state index contributed by atoms with van der Waals surface area (Å²) in [6.45, 7) is 9.83. The summed E-state index contributed by atoms with van der Waals surface area (Å²) < 4.78 is 18.3. The maximum absolute atomic E-state index is 13.4. The lowest BCUT2D eigenvalue weighted by atomic mass is 9.81. The van der Waals surface area contributed by atoms with Gasteiger partial charge >= 0.3 is 0 Å². The van der Waals surface area contributed by atoms with E-state index in [-0.39, 0.29) is 22.5 Å². The Morgan fingerprint density at radius 1 is 1.23 bits per heavy atom. The molecule has 10 heteroatoms. The molecule has 2 atom stereocenters. The summed E-state index contributed by atoms with van der Waals surface area (Å²) in [6, 6.07) is 4.83. The van der Waals surface area contributed by atoms with Crippen LogP contribution in [0.4, 0.5) is 10.2 Å². The van der Waals surface area contributed by atoms with Crippen LogP contribution in [0.5, 0.6) is 5.88 Å². The van der Waals surface area contributed by atoms with Gasteiger partial charge in [0.15, 0.2) is 0 Å². The van der Waals surface area contributed by atoms with Gasteiger partial charge in [-0.15, -0.1) is 0 Å². The van der Waals surface area contributed by atoms with Crippen molar-refractivity contribution in [3.05, 3.63) is 57.4 Å². The van der Waals surface area contributed by atoms with Crippen LogP contribution in [0.15, 0.2) is 29.2 Å². The van der Waals surface area contributed by atoms with Crippen molar-refractivity contribution in [2.75, 3.05) is 12.4 Å². The number of aromatic amines is 1. The summed E-state index contributed by atoms with van der Waals surface area (Å²) in [6.07, 6.45) is 6.93. The minimum Gasteiger partial charge on any atom is -0.481 e. The molecule has 8 nitrogen and oxygen atoms in total. The van der Waals surface area contributed by atoms with Crippen LogP contribution in [0, 0.1) is 12.7 Å². The topological polar surface area (TPSA) is 110 Å². The highest BCUT2D eigenvalue weighted by Crippen LogP contribution is 2.36. The number of anilines is 1. The molecule has 3 aromatic heterocycles. The Kier molecular flexibility index (Phi) is 10.00. The van der Waals surface area contributed by atoms with Crippen molar-refractivity contribution in [3.63, 3.8) is 0 Å². The highest BCUT2D eigenvalue weighted by atomic mass is 19.1. The average molecular weight is 533 g/mol. The largest absolute Gasteiger partial charge is 0.481 e. The Bertz CT molecular complexity index is 1380. The molecule has 4 rings (SSSR count). The molecule has 2 radical (unpaired) electrons. The third-order valence-corrected chi connectivity index (χ3v) is 7.34. The molecule has 0 bridgehead atoms. The third kappa shape index (κ3) is 7.10. The van der Waals surface area contributed by atoms with E-state index in [0.717, 1.165) is 55.4 Å². The third-order valence-electron chi connectivity index (χ3n) is 7.34. The Morgan fingerprint density at radius 2 is 1.97 bits per heavy atom. The number of pyridine rings is 2. The Hall–Kier alpha value is -3.56. The van der Waals surface area contributed by atoms with E-state index in [1.165, 1.54) is 24.8 Å². The zero-order valence-corrected chi connectivity index (χ0v) is 23.7. The van der Waals surface area contributed by atoms with Gasteiger partial charge in [-0.3, -0.25) is 9.59 Å². The van der Waals surface area contributed by atoms with E-state index in [1.54, 1.807) is 13.8 Å². The molecular formula is C29H37BFN5O3. The number of methoxy groups -OCH3 is 1. The maximum Gasteiger partial charge on any atom is 0.250 e. The molecule has 0 fully saturated rings. The number of nitrogens with zero attached hydrogens (tertiary/aromatic N) is 3. The molecular weight excluding hydrogens is 496 g/mol. The number of ketones is 1. The number of hydrogen-bond acceptors (Lipinski definition) is 7. The number of ether oxygens (including phenoxy) is 1. The molecule has 1 aliphatic rings. The SMILES string of the molecule is CCC(=O)C(C)c1cc(OC)ncc1F.[B]c1cc(=O)[nH]c(-c2cc3c(nc2C)NC(CC)(CCC)CC3)n1. The molecule has 1 aliphatic heterocycles. The smallest absolute Gasteiger partial charge is 0.250 e. The van der Waals surface area contributed by atoms with Crippen LogP contribution in [-0.4, -0.2) is 46.2 Å². The summed E-state index contributed by atoms with van der Waals surface area (Å²) in [5.41, 5.74) is 3.29. The second-order valence-corrected chi connectivity index (χ2v) is 9.95. The molecule has 3 aromatic rings. The van der Waals surface area contributed by atoms with E-state index in [0.29, 0.717) is 23.7 Å². The Morgan fingerprint density at radius 3 is 2.59 bits per heavy atom. The number of carbonyl (C=O) groups is 1. The first-order valence-electron chi connectivity index (χ1n) is 13.4. The molecule has 4 heterocycles. The minimum atomic E-state index is -0.467. The van der Waals surface area contributed by atoms with E-state index in [2.05, 4.69) is 40.2 Å². The van der Waals surface area contributed by atoms with Crippen LogP contribution in [-0.2, 0) is 11.2 Å². The van der Waals surface area contributed by atoms with Crippen molar-refractivity contribution in [3.8, 4) is 17.3 Å². The van der Waals surface area contributed by atoms with E-state index in [1.807, 2.05) is 6.92 Å². The fraction of sp³-hybridized carbons (Fsp3) is 0.483. The first kappa shape index (κ1) is 30.0. The first-order valence-corrected chi connectivity index (χ1v) is 13.4. The molecule has 2 unspecified atom stereocenters. The van der Waals surface area contributed by atoms with E-state index in [9.17, 15) is 14.0 Å². The van der Waals surface area contributed by atoms with Gasteiger partial charge < -0.3 is 15.0 Å². The van der Waals surface area contributed by atoms with Gasteiger partial charge in [-0.2, -0.15) is 0 Å². The van der Waals surface area contributed by atoms with Gasteiger partial charge in [0, 0.05) is 41.1 Å². The number of halogens is 1. The second-order valence-electron chi connectivity index (χ2n) is 9.95. The summed E-state index contributed by atoms with van der Waals surface area (Å²) in [5.74, 6) is 0.846. The summed E-state index contributed by atoms with van der Waals surface area (Å²) in [7, 11) is 7.16. The Labute approximate surface area is 230 Å². The van der Waals surface area contributed by atoms with E-state index in [4.69, 9.17) is 17.6 Å². The lowest BCUT2D eigenvalue weighted by Crippen LogP contribution is -2.41. The lowest BCUT2D eigenvalue weighted by Gasteiger charge is -2.39. The molecule has 0 aromatic carbocycles. The van der Waals surface area contributed by atoms with Gasteiger partial charge in [0.05, 0.1) is 19.0 Å². The zero-order valence-electron chi connectivity index (χ0n) is 23.7. The fourth-order valence-electron chi connectivity index (χ4n) is 4.94. The molecule has 0 aliphatic carbocycles. The number of rotatable bonds is 8. The summed E-state index contributed by atoms with van der Waals surface area (Å²) >= 11 is 0. The van der Waals surface area contributed by atoms with Gasteiger partial charge in [0.2, 0.25) is 11.4 Å². The summed E-state index contributed by atoms with van der Waals surface area (Å²) in [5, 5.41) is 3.68. The summed E-state index contributed by atoms with van der Waals surface area (Å²) in [4.78, 5) is 38.6. The van der Waals surface area contributed by atoms with Crippen molar-refractivity contribution >= 4 is 25.0 Å². The lowest BCUT2D eigenvalue weighted by molar-refractivity contribution is -0.119. The number of nitrogens with one attached hydrogen (secondary N) is 2. The van der Waals surface area contributed by atoms with Crippen molar-refractivity contribution in [1.29, 1.82) is 0 Å². The van der Waals surface area contributed by atoms with Crippen LogP contribution in [0.3, 0.4) is 0 Å². The highest BCUT2D eigenvalue weighted by molar-refractivity contribution is 6.30. The van der Waals surface area contributed by atoms with Crippen LogP contribution in [0.1, 0.15) is 82.5 Å². The number of aromatic nitrogens is 4. The van der Waals surface area contributed by atoms with Gasteiger partial charge in [0.25, 0.3) is 0 Å². The molecule has 0 saturated heterocycles. The van der Waals surface area contributed by atoms with Gasteiger partial charge in [-0.05, 0) is 49.8 Å². The molecule has 206 valence electrons. The molecule has 0 amide bonds. The molecule has 2 N–H and O–H groups in total. The standard InChI is InChI=1S/C18H23BN4O.C11H14FNO2/c1-4-7-18(5-2)8-6-12-9-13(11(3)20-16(12)23-18)17-21-14(19)10-15(24)22-17;1-4-10(14)7(2)8-5-11(15-3)13-6-9(8)12/h9-10H,4-8H2,1-3H3,(H,20,23)(H,21,22,24);5-7H,4H2,1-3H3. The molecule has 0 spiro atoms. The van der Waals surface area contributed by atoms with Crippen LogP contribution in [0.25, 0.3) is 11.4 Å². The van der Waals surface area contributed by atoms with E-state index < -0.39 is 11.7 Å².